The van der Waals surface area contributed by atoms with E-state index in [2.05, 4.69) is 5.32 Å². The molecule has 25 heavy (non-hydrogen) atoms. The van der Waals surface area contributed by atoms with Crippen LogP contribution in [-0.2, 0) is 12.7 Å². The molecule has 2 aliphatic rings. The summed E-state index contributed by atoms with van der Waals surface area (Å²) in [6.45, 7) is 2.31. The molecule has 1 aromatic carbocycles. The van der Waals surface area contributed by atoms with E-state index in [-0.39, 0.29) is 22.1 Å². The Balaban J connectivity index is 1.85. The molecule has 0 spiro atoms. The minimum Gasteiger partial charge on any atom is -0.316 e. The van der Waals surface area contributed by atoms with E-state index in [1.807, 2.05) is 6.07 Å². The lowest BCUT2D eigenvalue weighted by atomic mass is 9.83. The second-order valence-electron chi connectivity index (χ2n) is 6.77. The molecule has 2 aromatic rings. The summed E-state index contributed by atoms with van der Waals surface area (Å²) in [5, 5.41) is 3.56. The van der Waals surface area contributed by atoms with Crippen LogP contribution >= 0.6 is 11.6 Å². The normalized spacial score (nSPS) is 22.6. The molecule has 132 valence electrons. The minimum absolute atomic E-state index is 0.183. The summed E-state index contributed by atoms with van der Waals surface area (Å²) in [5.41, 5.74) is 0.598. The Hall–Kier alpha value is -1.79. The molecule has 2 aliphatic heterocycles. The van der Waals surface area contributed by atoms with Crippen LogP contribution in [0.1, 0.15) is 23.6 Å². The highest BCUT2D eigenvalue weighted by Crippen LogP contribution is 2.38. The van der Waals surface area contributed by atoms with Gasteiger partial charge in [0.25, 0.3) is 5.56 Å². The van der Waals surface area contributed by atoms with Gasteiger partial charge in [-0.05, 0) is 48.7 Å². The Morgan fingerprint density at radius 3 is 2.72 bits per heavy atom. The molecular weight excluding hydrogens is 353 g/mol. The van der Waals surface area contributed by atoms with Crippen molar-refractivity contribution in [2.45, 2.75) is 25.1 Å². The molecule has 7 heteroatoms. The van der Waals surface area contributed by atoms with Crippen molar-refractivity contribution in [2.24, 2.45) is 5.92 Å². The number of nitrogens with zero attached hydrogens (tertiary/aromatic N) is 1. The summed E-state index contributed by atoms with van der Waals surface area (Å²) >= 11 is 6.13. The summed E-state index contributed by atoms with van der Waals surface area (Å²) in [4.78, 5) is 12.6. The third-order valence-electron chi connectivity index (χ3n) is 5.07. The van der Waals surface area contributed by atoms with Gasteiger partial charge in [-0.25, -0.2) is 0 Å². The monoisotopic (exact) mass is 368 g/mol. The molecule has 0 amide bonds. The first-order valence-electron chi connectivity index (χ1n) is 8.15. The third-order valence-corrected chi connectivity index (χ3v) is 5.39. The molecule has 0 unspecified atom stereocenters. The number of halogens is 4. The van der Waals surface area contributed by atoms with Crippen LogP contribution in [0.4, 0.5) is 13.2 Å². The van der Waals surface area contributed by atoms with Crippen molar-refractivity contribution in [3.63, 3.8) is 0 Å². The highest BCUT2D eigenvalue weighted by Gasteiger charge is 2.33. The van der Waals surface area contributed by atoms with Gasteiger partial charge >= 0.3 is 6.18 Å². The molecule has 1 N–H and O–H groups in total. The number of hydrogen-bond donors (Lipinski definition) is 1. The van der Waals surface area contributed by atoms with Crippen LogP contribution < -0.4 is 10.9 Å². The Kier molecular flexibility index (Phi) is 3.92. The van der Waals surface area contributed by atoms with Crippen LogP contribution in [0.2, 0.25) is 5.02 Å². The van der Waals surface area contributed by atoms with Gasteiger partial charge in [-0.2, -0.15) is 13.2 Å². The summed E-state index contributed by atoms with van der Waals surface area (Å²) in [6, 6.07) is 6.40. The molecule has 4 rings (SSSR count). The van der Waals surface area contributed by atoms with Crippen LogP contribution in [-0.4, -0.2) is 17.7 Å². The van der Waals surface area contributed by atoms with Gasteiger partial charge in [0.05, 0.1) is 5.56 Å². The molecule has 0 aliphatic carbocycles. The van der Waals surface area contributed by atoms with E-state index in [1.54, 1.807) is 4.57 Å². The maximum Gasteiger partial charge on any atom is 0.416 e. The van der Waals surface area contributed by atoms with Gasteiger partial charge in [-0.1, -0.05) is 11.6 Å². The molecule has 1 aromatic heterocycles. The van der Waals surface area contributed by atoms with Crippen molar-refractivity contribution >= 4 is 11.6 Å². The number of aromatic nitrogens is 1. The predicted octanol–water partition coefficient (Wildman–Crippen LogP) is 3.89. The maximum atomic E-state index is 13.0. The first-order chi connectivity index (χ1) is 11.8. The zero-order valence-electron chi connectivity index (χ0n) is 13.2. The van der Waals surface area contributed by atoms with Crippen molar-refractivity contribution in [1.29, 1.82) is 0 Å². The highest BCUT2D eigenvalue weighted by atomic mass is 35.5. The van der Waals surface area contributed by atoms with Gasteiger partial charge in [0.15, 0.2) is 0 Å². The highest BCUT2D eigenvalue weighted by molar-refractivity contribution is 6.33. The van der Waals surface area contributed by atoms with Crippen molar-refractivity contribution in [3.05, 3.63) is 57.0 Å². The van der Waals surface area contributed by atoms with E-state index in [1.165, 1.54) is 12.1 Å². The molecule has 2 atom stereocenters. The number of fused-ring (bicyclic) bond motifs is 4. The molecule has 1 fully saturated rings. The van der Waals surface area contributed by atoms with Crippen molar-refractivity contribution < 1.29 is 13.2 Å². The Bertz CT molecular complexity index is 891. The number of pyridine rings is 1. The van der Waals surface area contributed by atoms with E-state index in [9.17, 15) is 18.0 Å². The number of benzene rings is 1. The van der Waals surface area contributed by atoms with Gasteiger partial charge in [0.1, 0.15) is 0 Å². The fourth-order valence-electron chi connectivity index (χ4n) is 3.88. The number of piperidine rings is 1. The Morgan fingerprint density at radius 2 is 1.96 bits per heavy atom. The second kappa shape index (κ2) is 5.88. The predicted molar refractivity (Wildman–Crippen MR) is 89.9 cm³/mol. The molecule has 1 saturated heterocycles. The van der Waals surface area contributed by atoms with Crippen LogP contribution in [0.15, 0.2) is 35.1 Å². The number of alkyl halides is 3. The van der Waals surface area contributed by atoms with Crippen LogP contribution in [0.3, 0.4) is 0 Å². The van der Waals surface area contributed by atoms with E-state index in [0.717, 1.165) is 37.3 Å². The van der Waals surface area contributed by atoms with E-state index >= 15 is 0 Å². The van der Waals surface area contributed by atoms with Crippen LogP contribution in [0.5, 0.6) is 0 Å². The second-order valence-corrected chi connectivity index (χ2v) is 7.17. The van der Waals surface area contributed by atoms with Crippen molar-refractivity contribution in [3.8, 4) is 11.1 Å². The minimum atomic E-state index is -4.46. The van der Waals surface area contributed by atoms with E-state index < -0.39 is 11.7 Å². The van der Waals surface area contributed by atoms with Crippen LogP contribution in [0, 0.1) is 5.92 Å². The Morgan fingerprint density at radius 1 is 1.16 bits per heavy atom. The summed E-state index contributed by atoms with van der Waals surface area (Å²) in [7, 11) is 0. The topological polar surface area (TPSA) is 34.0 Å². The van der Waals surface area contributed by atoms with Gasteiger partial charge < -0.3 is 9.88 Å². The van der Waals surface area contributed by atoms with E-state index in [0.29, 0.717) is 18.0 Å². The lowest BCUT2D eigenvalue weighted by molar-refractivity contribution is -0.137. The lowest BCUT2D eigenvalue weighted by Gasteiger charge is -2.37. The smallest absolute Gasteiger partial charge is 0.316 e. The van der Waals surface area contributed by atoms with Crippen molar-refractivity contribution in [2.75, 3.05) is 13.1 Å². The van der Waals surface area contributed by atoms with E-state index in [4.69, 9.17) is 11.6 Å². The van der Waals surface area contributed by atoms with Gasteiger partial charge in [-0.3, -0.25) is 4.79 Å². The summed E-state index contributed by atoms with van der Waals surface area (Å²) < 4.78 is 40.8. The maximum absolute atomic E-state index is 13.0. The van der Waals surface area contributed by atoms with Gasteiger partial charge in [0.2, 0.25) is 0 Å². The lowest BCUT2D eigenvalue weighted by Crippen LogP contribution is -2.44. The molecule has 0 radical (unpaired) electrons. The number of rotatable bonds is 1. The standard InChI is InChI=1S/C18H16ClF3N2O/c19-15-2-1-13(18(20,21)22)6-14(15)11-4-16-12-3-10(7-23-8-12)9-24(16)17(25)5-11/h1-2,4-6,10,12,23H,3,7-9H2/t10-,12+/m0/s1. The molecule has 3 nitrogen and oxygen atoms in total. The molecule has 0 saturated carbocycles. The average Bonchev–Trinajstić information content (AvgIpc) is 2.55. The Labute approximate surface area is 147 Å². The summed E-state index contributed by atoms with van der Waals surface area (Å²) in [6.07, 6.45) is -3.46. The fraction of sp³-hybridized carbons (Fsp3) is 0.389. The van der Waals surface area contributed by atoms with Gasteiger partial charge in [-0.15, -0.1) is 0 Å². The first kappa shape index (κ1) is 16.7. The first-order valence-corrected chi connectivity index (χ1v) is 8.53. The molecular formula is C18H16ClF3N2O. The fourth-order valence-corrected chi connectivity index (χ4v) is 4.11. The zero-order chi connectivity index (χ0) is 17.8. The third kappa shape index (κ3) is 2.98. The molecule has 3 heterocycles. The van der Waals surface area contributed by atoms with Crippen LogP contribution in [0.25, 0.3) is 11.1 Å². The van der Waals surface area contributed by atoms with Crippen molar-refractivity contribution in [1.82, 2.24) is 9.88 Å². The zero-order valence-corrected chi connectivity index (χ0v) is 14.0. The number of nitrogens with one attached hydrogen (secondary N) is 1. The quantitative estimate of drug-likeness (QED) is 0.828. The largest absolute Gasteiger partial charge is 0.416 e. The number of hydrogen-bond acceptors (Lipinski definition) is 2. The molecule has 2 bridgehead atoms. The average molecular weight is 369 g/mol. The summed E-state index contributed by atoms with van der Waals surface area (Å²) in [5.74, 6) is 0.622. The van der Waals surface area contributed by atoms with Gasteiger partial charge in [0, 0.05) is 41.4 Å². The SMILES string of the molecule is O=c1cc(-c2cc(C(F)(F)F)ccc2Cl)cc2n1C[C@@H]1CNC[C@H]2C1.